The van der Waals surface area contributed by atoms with Crippen molar-refractivity contribution in [1.29, 1.82) is 0 Å². The van der Waals surface area contributed by atoms with E-state index in [2.05, 4.69) is 25.5 Å². The molecule has 9 heteroatoms. The topological polar surface area (TPSA) is 104 Å². The number of benzene rings is 2. The van der Waals surface area contributed by atoms with Crippen LogP contribution in [-0.4, -0.2) is 32.0 Å². The lowest BCUT2D eigenvalue weighted by atomic mass is 10.2. The monoisotopic (exact) mass is 444 g/mol. The Morgan fingerprint density at radius 3 is 2.62 bits per heavy atom. The Hall–Kier alpha value is -4.11. The van der Waals surface area contributed by atoms with Crippen molar-refractivity contribution in [3.05, 3.63) is 77.6 Å². The molecule has 0 bridgehead atoms. The largest absolute Gasteiger partial charge is 0.322 e. The summed E-state index contributed by atoms with van der Waals surface area (Å²) in [4.78, 5) is 34.9. The molecule has 4 aromatic rings. The van der Waals surface area contributed by atoms with Gasteiger partial charge in [0.1, 0.15) is 5.82 Å². The van der Waals surface area contributed by atoms with Crippen LogP contribution in [0.2, 0.25) is 0 Å². The van der Waals surface area contributed by atoms with Crippen molar-refractivity contribution in [3.8, 4) is 11.4 Å². The second-order valence-corrected chi connectivity index (χ2v) is 7.73. The fraction of sp³-hybridized carbons (Fsp3) is 0.0870. The van der Waals surface area contributed by atoms with E-state index in [4.69, 9.17) is 0 Å². The van der Waals surface area contributed by atoms with Crippen LogP contribution in [0.15, 0.2) is 66.1 Å². The van der Waals surface area contributed by atoms with Crippen LogP contribution in [0.1, 0.15) is 18.4 Å². The van der Waals surface area contributed by atoms with Gasteiger partial charge in [-0.25, -0.2) is 9.97 Å². The average Bonchev–Trinajstić information content (AvgIpc) is 3.42. The van der Waals surface area contributed by atoms with Gasteiger partial charge in [-0.3, -0.25) is 19.6 Å². The maximum absolute atomic E-state index is 12.4. The van der Waals surface area contributed by atoms with E-state index in [9.17, 15) is 9.59 Å². The van der Waals surface area contributed by atoms with Crippen LogP contribution in [0.4, 0.5) is 16.5 Å². The highest BCUT2D eigenvalue weighted by Gasteiger charge is 2.17. The number of nitrogens with zero attached hydrogens (tertiary/aromatic N) is 4. The molecule has 2 heterocycles. The Balaban J connectivity index is 1.45. The summed E-state index contributed by atoms with van der Waals surface area (Å²) in [5.74, 6) is 0.850. The van der Waals surface area contributed by atoms with Crippen LogP contribution in [0.25, 0.3) is 17.5 Å². The number of aromatic amines is 1. The van der Waals surface area contributed by atoms with Crippen LogP contribution in [-0.2, 0) is 9.59 Å². The summed E-state index contributed by atoms with van der Waals surface area (Å²) >= 11 is 1.33. The molecule has 160 valence electrons. The lowest BCUT2D eigenvalue weighted by molar-refractivity contribution is -0.116. The fourth-order valence-corrected chi connectivity index (χ4v) is 3.87. The summed E-state index contributed by atoms with van der Waals surface area (Å²) in [6.07, 6.45) is 3.02. The summed E-state index contributed by atoms with van der Waals surface area (Å²) in [6.45, 7) is 3.32. The van der Waals surface area contributed by atoms with Crippen molar-refractivity contribution in [2.75, 3.05) is 10.2 Å². The Morgan fingerprint density at radius 2 is 1.91 bits per heavy atom. The summed E-state index contributed by atoms with van der Waals surface area (Å²) in [5, 5.41) is 12.1. The standard InChI is InChI=1S/C23H20N6O2S/c1-15-24-22(28-27-15)17-7-6-8-18(13-17)25-21(31)12-11-19-14-32-23(26-19)29(16(2)30)20-9-4-3-5-10-20/h3-14H,1-2H3,(H,25,31)(H,24,27,28)/b12-11+. The Kier molecular flexibility index (Phi) is 6.18. The van der Waals surface area contributed by atoms with Crippen LogP contribution in [0.5, 0.6) is 0 Å². The van der Waals surface area contributed by atoms with Gasteiger partial charge < -0.3 is 5.32 Å². The van der Waals surface area contributed by atoms with Gasteiger partial charge in [0.05, 0.1) is 11.4 Å². The third kappa shape index (κ3) is 4.96. The van der Waals surface area contributed by atoms with Gasteiger partial charge in [0, 0.05) is 29.6 Å². The summed E-state index contributed by atoms with van der Waals surface area (Å²) < 4.78 is 0. The smallest absolute Gasteiger partial charge is 0.248 e. The van der Waals surface area contributed by atoms with Crippen LogP contribution >= 0.6 is 11.3 Å². The zero-order chi connectivity index (χ0) is 22.5. The number of hydrogen-bond acceptors (Lipinski definition) is 6. The maximum atomic E-state index is 12.4. The van der Waals surface area contributed by atoms with Crippen molar-refractivity contribution >= 4 is 45.7 Å². The molecule has 0 fully saturated rings. The predicted octanol–water partition coefficient (Wildman–Crippen LogP) is 4.57. The molecule has 2 aromatic carbocycles. The second kappa shape index (κ2) is 9.36. The second-order valence-electron chi connectivity index (χ2n) is 6.89. The van der Waals surface area contributed by atoms with E-state index in [1.54, 1.807) is 28.5 Å². The van der Waals surface area contributed by atoms with Gasteiger partial charge in [0.15, 0.2) is 11.0 Å². The number of aryl methyl sites for hydroxylation is 1. The third-order valence-electron chi connectivity index (χ3n) is 4.42. The van der Waals surface area contributed by atoms with Gasteiger partial charge in [-0.2, -0.15) is 5.10 Å². The lowest BCUT2D eigenvalue weighted by Gasteiger charge is -2.17. The van der Waals surface area contributed by atoms with Crippen molar-refractivity contribution < 1.29 is 9.59 Å². The van der Waals surface area contributed by atoms with Gasteiger partial charge in [0.25, 0.3) is 0 Å². The number of para-hydroxylation sites is 1. The van der Waals surface area contributed by atoms with Gasteiger partial charge >= 0.3 is 0 Å². The van der Waals surface area contributed by atoms with Gasteiger partial charge in [-0.15, -0.1) is 11.3 Å². The third-order valence-corrected chi connectivity index (χ3v) is 5.27. The molecule has 0 saturated carbocycles. The van der Waals surface area contributed by atoms with Gasteiger partial charge in [-0.05, 0) is 37.3 Å². The molecular formula is C23H20N6O2S. The molecule has 2 N–H and O–H groups in total. The van der Waals surface area contributed by atoms with Crippen LogP contribution < -0.4 is 10.2 Å². The first-order valence-electron chi connectivity index (χ1n) is 9.79. The first-order chi connectivity index (χ1) is 15.5. The summed E-state index contributed by atoms with van der Waals surface area (Å²) in [5.41, 5.74) is 2.76. The van der Waals surface area contributed by atoms with E-state index in [1.165, 1.54) is 24.3 Å². The molecule has 0 aliphatic heterocycles. The highest BCUT2D eigenvalue weighted by atomic mass is 32.1. The molecule has 32 heavy (non-hydrogen) atoms. The van der Waals surface area contributed by atoms with Crippen molar-refractivity contribution in [1.82, 2.24) is 20.2 Å². The number of aromatic nitrogens is 4. The van der Waals surface area contributed by atoms with Crippen LogP contribution in [0, 0.1) is 6.92 Å². The molecule has 0 aliphatic rings. The molecule has 0 aliphatic carbocycles. The molecule has 2 aromatic heterocycles. The predicted molar refractivity (Wildman–Crippen MR) is 126 cm³/mol. The van der Waals surface area contributed by atoms with Gasteiger partial charge in [0.2, 0.25) is 11.8 Å². The lowest BCUT2D eigenvalue weighted by Crippen LogP contribution is -2.22. The quantitative estimate of drug-likeness (QED) is 0.424. The molecule has 0 spiro atoms. The summed E-state index contributed by atoms with van der Waals surface area (Å²) in [7, 11) is 0. The number of rotatable bonds is 6. The minimum absolute atomic E-state index is 0.139. The highest BCUT2D eigenvalue weighted by Crippen LogP contribution is 2.29. The van der Waals surface area contributed by atoms with E-state index in [1.807, 2.05) is 49.4 Å². The molecule has 0 unspecified atom stereocenters. The molecule has 0 atom stereocenters. The minimum Gasteiger partial charge on any atom is -0.322 e. The Morgan fingerprint density at radius 1 is 1.09 bits per heavy atom. The van der Waals surface area contributed by atoms with Crippen molar-refractivity contribution in [2.45, 2.75) is 13.8 Å². The van der Waals surface area contributed by atoms with Gasteiger partial charge in [-0.1, -0.05) is 30.3 Å². The number of hydrogen-bond donors (Lipinski definition) is 2. The number of carbonyl (C=O) groups is 2. The SMILES string of the molecule is CC(=O)N(c1ccccc1)c1nc(/C=C/C(=O)Nc2cccc(-c3n[nH]c(C)n3)c2)cs1. The number of thiazole rings is 1. The molecule has 2 amide bonds. The zero-order valence-electron chi connectivity index (χ0n) is 17.4. The maximum Gasteiger partial charge on any atom is 0.248 e. The van der Waals surface area contributed by atoms with Crippen LogP contribution in [0.3, 0.4) is 0 Å². The number of anilines is 3. The van der Waals surface area contributed by atoms with E-state index < -0.39 is 0 Å². The Bertz CT molecular complexity index is 1280. The van der Waals surface area contributed by atoms with E-state index >= 15 is 0 Å². The van der Waals surface area contributed by atoms with Crippen molar-refractivity contribution in [3.63, 3.8) is 0 Å². The molecule has 8 nitrogen and oxygen atoms in total. The first kappa shape index (κ1) is 21.1. The van der Waals surface area contributed by atoms with E-state index in [0.717, 1.165) is 17.1 Å². The van der Waals surface area contributed by atoms with Crippen molar-refractivity contribution in [2.24, 2.45) is 0 Å². The van der Waals surface area contributed by atoms with E-state index in [-0.39, 0.29) is 11.8 Å². The molecule has 4 rings (SSSR count). The number of carbonyl (C=O) groups excluding carboxylic acids is 2. The Labute approximate surface area is 188 Å². The summed E-state index contributed by atoms with van der Waals surface area (Å²) in [6, 6.07) is 16.6. The number of amides is 2. The average molecular weight is 445 g/mol. The molecule has 0 saturated heterocycles. The normalized spacial score (nSPS) is 10.9. The minimum atomic E-state index is -0.297. The zero-order valence-corrected chi connectivity index (χ0v) is 18.3. The first-order valence-corrected chi connectivity index (χ1v) is 10.7. The highest BCUT2D eigenvalue weighted by molar-refractivity contribution is 7.14. The number of H-pyrrole nitrogens is 1. The molecule has 0 radical (unpaired) electrons. The number of nitrogens with one attached hydrogen (secondary N) is 2. The molecular weight excluding hydrogens is 424 g/mol. The fourth-order valence-electron chi connectivity index (χ4n) is 3.01. The van der Waals surface area contributed by atoms with E-state index in [0.29, 0.717) is 22.3 Å².